The van der Waals surface area contributed by atoms with E-state index in [0.29, 0.717) is 17.4 Å². The predicted molar refractivity (Wildman–Crippen MR) is 145 cm³/mol. The fraction of sp³-hybridized carbons (Fsp3) is 0.481. The van der Waals surface area contributed by atoms with Crippen molar-refractivity contribution in [1.82, 2.24) is 19.9 Å². The molecule has 2 fully saturated rings. The fourth-order valence-electron chi connectivity index (χ4n) is 5.53. The van der Waals surface area contributed by atoms with E-state index in [1.54, 1.807) is 20.8 Å². The molecule has 0 radical (unpaired) electrons. The summed E-state index contributed by atoms with van der Waals surface area (Å²) in [4.78, 5) is 25.6. The van der Waals surface area contributed by atoms with Gasteiger partial charge < -0.3 is 19.6 Å². The molecule has 212 valence electrons. The van der Waals surface area contributed by atoms with Gasteiger partial charge in [0.05, 0.1) is 28.1 Å². The molecule has 1 aromatic carbocycles. The molecule has 1 aliphatic carbocycles. The van der Waals surface area contributed by atoms with Crippen LogP contribution in [0, 0.1) is 16.7 Å². The Bertz CT molecular complexity index is 1590. The van der Waals surface area contributed by atoms with E-state index >= 15 is 0 Å². The Morgan fingerprint density at radius 3 is 2.52 bits per heavy atom. The van der Waals surface area contributed by atoms with Crippen LogP contribution in [0.15, 0.2) is 24.5 Å². The summed E-state index contributed by atoms with van der Waals surface area (Å²) in [6.07, 6.45) is -1.00. The minimum atomic E-state index is -4.76. The number of H-pyrrole nitrogens is 1. The third-order valence-corrected chi connectivity index (χ3v) is 9.00. The van der Waals surface area contributed by atoms with Crippen molar-refractivity contribution in [1.29, 1.82) is 5.26 Å². The molecule has 1 spiro atoms. The van der Waals surface area contributed by atoms with Crippen molar-refractivity contribution in [3.63, 3.8) is 0 Å². The van der Waals surface area contributed by atoms with E-state index in [0.717, 1.165) is 25.5 Å². The molecule has 2 aliphatic rings. The van der Waals surface area contributed by atoms with E-state index < -0.39 is 36.7 Å². The van der Waals surface area contributed by atoms with Crippen LogP contribution in [0.4, 0.5) is 23.9 Å². The molecule has 1 saturated carbocycles. The van der Waals surface area contributed by atoms with Gasteiger partial charge in [0.1, 0.15) is 24.5 Å². The summed E-state index contributed by atoms with van der Waals surface area (Å²) in [6.45, 7) is 8.77. The summed E-state index contributed by atoms with van der Waals surface area (Å²) in [5.74, 6) is -0.0626. The van der Waals surface area contributed by atoms with Crippen LogP contribution < -0.4 is 10.6 Å². The van der Waals surface area contributed by atoms with Gasteiger partial charge in [-0.3, -0.25) is 4.90 Å². The number of aromatic amines is 1. The Morgan fingerprint density at radius 2 is 1.98 bits per heavy atom. The first-order valence-electron chi connectivity index (χ1n) is 12.8. The second kappa shape index (κ2) is 9.23. The molecule has 1 amide bonds. The van der Waals surface area contributed by atoms with E-state index in [1.165, 1.54) is 36.6 Å². The lowest BCUT2D eigenvalue weighted by Crippen LogP contribution is -2.72. The van der Waals surface area contributed by atoms with Gasteiger partial charge in [0.25, 0.3) is 0 Å². The molecule has 0 bridgehead atoms. The number of benzene rings is 1. The van der Waals surface area contributed by atoms with Gasteiger partial charge >= 0.3 is 12.3 Å². The number of nitrogens with zero attached hydrogens (tertiary/aromatic N) is 4. The number of carbonyl (C=O) groups excluding carboxylic acids is 1. The van der Waals surface area contributed by atoms with Crippen LogP contribution >= 0.6 is 7.14 Å². The minimum absolute atomic E-state index is 0.0626. The van der Waals surface area contributed by atoms with Gasteiger partial charge in [0, 0.05) is 35.3 Å². The number of ether oxygens (including phenoxy) is 1. The van der Waals surface area contributed by atoms with Gasteiger partial charge in [-0.05, 0) is 53.0 Å². The summed E-state index contributed by atoms with van der Waals surface area (Å²) in [5, 5.41) is 13.3. The van der Waals surface area contributed by atoms with Gasteiger partial charge in [-0.2, -0.15) is 18.4 Å². The van der Waals surface area contributed by atoms with Crippen molar-refractivity contribution >= 4 is 35.4 Å². The highest BCUT2D eigenvalue weighted by molar-refractivity contribution is 7.70. The number of nitrogens with one attached hydrogen (secondary N) is 2. The molecule has 1 unspecified atom stereocenters. The molecule has 3 aromatic rings. The SMILES string of the molecule is CC(C)(C)OC(=O)N1CC2(CCC2)C1Nc1ncc(C(F)(F)F)c(-c2c[nH]c3c(P(C)(C)=O)c(C#N)ccc23)n1. The Morgan fingerprint density at radius 1 is 1.27 bits per heavy atom. The van der Waals surface area contributed by atoms with Crippen molar-refractivity contribution in [2.45, 2.75) is 58.0 Å². The van der Waals surface area contributed by atoms with E-state index in [-0.39, 0.29) is 33.5 Å². The number of halogens is 3. The van der Waals surface area contributed by atoms with Crippen molar-refractivity contribution in [3.05, 3.63) is 35.7 Å². The van der Waals surface area contributed by atoms with Crippen molar-refractivity contribution < 1.29 is 27.3 Å². The monoisotopic (exact) mass is 574 g/mol. The highest BCUT2D eigenvalue weighted by atomic mass is 31.2. The van der Waals surface area contributed by atoms with Crippen LogP contribution in [0.5, 0.6) is 0 Å². The molecule has 2 aromatic heterocycles. The third-order valence-electron chi connectivity index (χ3n) is 7.46. The van der Waals surface area contributed by atoms with Crippen molar-refractivity contribution in [3.8, 4) is 17.3 Å². The third kappa shape index (κ3) is 4.81. The highest BCUT2D eigenvalue weighted by Crippen LogP contribution is 2.53. The Hall–Kier alpha value is -3.58. The zero-order chi connectivity index (χ0) is 29.3. The number of hydrogen-bond donors (Lipinski definition) is 2. The zero-order valence-electron chi connectivity index (χ0n) is 22.8. The molecule has 9 nitrogen and oxygen atoms in total. The molecule has 13 heteroatoms. The topological polar surface area (TPSA) is 124 Å². The number of likely N-dealkylation sites (tertiary alicyclic amines) is 1. The number of amides is 1. The number of nitriles is 1. The fourth-order valence-corrected chi connectivity index (χ4v) is 6.96. The molecule has 1 saturated heterocycles. The lowest BCUT2D eigenvalue weighted by molar-refractivity contribution is -0.137. The second-order valence-corrected chi connectivity index (χ2v) is 15.0. The van der Waals surface area contributed by atoms with Gasteiger partial charge in [0.15, 0.2) is 0 Å². The molecule has 2 N–H and O–H groups in total. The molecule has 1 atom stereocenters. The smallest absolute Gasteiger partial charge is 0.419 e. The maximum atomic E-state index is 14.1. The van der Waals surface area contributed by atoms with Crippen LogP contribution in [0.2, 0.25) is 0 Å². The summed E-state index contributed by atoms with van der Waals surface area (Å²) in [6, 6.07) is 4.99. The second-order valence-electron chi connectivity index (χ2n) is 11.9. The number of anilines is 1. The van der Waals surface area contributed by atoms with Crippen LogP contribution in [-0.4, -0.2) is 57.6 Å². The number of carbonyl (C=O) groups is 1. The summed E-state index contributed by atoms with van der Waals surface area (Å²) in [5.41, 5.74) is -1.70. The maximum Gasteiger partial charge on any atom is 0.419 e. The largest absolute Gasteiger partial charge is 0.444 e. The average molecular weight is 575 g/mol. The van der Waals surface area contributed by atoms with Crippen LogP contribution in [0.25, 0.3) is 22.2 Å². The minimum Gasteiger partial charge on any atom is -0.444 e. The van der Waals surface area contributed by atoms with E-state index in [4.69, 9.17) is 4.74 Å². The molecular formula is C27H30F3N6O3P. The Balaban J connectivity index is 1.58. The normalized spacial score (nSPS) is 18.7. The number of aromatic nitrogens is 3. The first-order chi connectivity index (χ1) is 18.5. The van der Waals surface area contributed by atoms with Gasteiger partial charge in [0.2, 0.25) is 5.95 Å². The van der Waals surface area contributed by atoms with Crippen LogP contribution in [0.1, 0.15) is 51.2 Å². The van der Waals surface area contributed by atoms with Gasteiger partial charge in [-0.15, -0.1) is 0 Å². The number of alkyl halides is 3. The first kappa shape index (κ1) is 28.0. The van der Waals surface area contributed by atoms with Crippen molar-refractivity contribution in [2.75, 3.05) is 25.2 Å². The molecule has 3 heterocycles. The quantitative estimate of drug-likeness (QED) is 0.371. The average Bonchev–Trinajstić information content (AvgIpc) is 3.21. The lowest BCUT2D eigenvalue weighted by Gasteiger charge is -2.61. The van der Waals surface area contributed by atoms with E-state index in [1.807, 2.05) is 6.07 Å². The molecule has 5 rings (SSSR count). The zero-order valence-corrected chi connectivity index (χ0v) is 23.7. The first-order valence-corrected chi connectivity index (χ1v) is 15.4. The molecule has 1 aliphatic heterocycles. The lowest BCUT2D eigenvalue weighted by atomic mass is 9.61. The molecule has 40 heavy (non-hydrogen) atoms. The standard InChI is InChI=1S/C27H30F3N6O3P/c1-25(2,3)39-24(37)36-14-26(9-6-10-26)22(36)35-23-33-13-18(27(28,29)30)19(34-23)17-12-32-20-16(17)8-7-15(11-31)21(20)40(4,5)38/h7-8,12-13,22,32H,6,9-10,14H2,1-5H3,(H,33,34,35). The predicted octanol–water partition coefficient (Wildman–Crippen LogP) is 5.92. The Labute approximate surface area is 229 Å². The highest BCUT2D eigenvalue weighted by Gasteiger charge is 2.59. The van der Waals surface area contributed by atoms with Crippen LogP contribution in [0.3, 0.4) is 0 Å². The Kier molecular flexibility index (Phi) is 6.45. The number of hydrogen-bond acceptors (Lipinski definition) is 7. The number of fused-ring (bicyclic) bond motifs is 1. The van der Waals surface area contributed by atoms with Gasteiger partial charge in [-0.1, -0.05) is 12.5 Å². The summed E-state index contributed by atoms with van der Waals surface area (Å²) >= 11 is 0. The van der Waals surface area contributed by atoms with Crippen LogP contribution in [-0.2, 0) is 15.5 Å². The summed E-state index contributed by atoms with van der Waals surface area (Å²) < 4.78 is 61.0. The maximum absolute atomic E-state index is 14.1. The van der Waals surface area contributed by atoms with E-state index in [9.17, 15) is 27.8 Å². The number of rotatable bonds is 4. The summed E-state index contributed by atoms with van der Waals surface area (Å²) in [7, 11) is -2.98. The van der Waals surface area contributed by atoms with Gasteiger partial charge in [-0.25, -0.2) is 14.8 Å². The van der Waals surface area contributed by atoms with Crippen molar-refractivity contribution in [2.24, 2.45) is 5.41 Å². The molecular weight excluding hydrogens is 544 g/mol. The van der Waals surface area contributed by atoms with E-state index in [2.05, 4.69) is 20.3 Å².